The molecule has 30 heavy (non-hydrogen) atoms. The van der Waals surface area contributed by atoms with E-state index in [1.54, 1.807) is 17.8 Å². The number of nitrogens with one attached hydrogen (secondary N) is 1. The number of rotatable bonds is 4. The lowest BCUT2D eigenvalue weighted by Crippen LogP contribution is -2.25. The standard InChI is InChI=1S/C12H12IN3O.C6H4Cl3IN2O/c1-16-8-10(13)15-11(16)12(17)14-7-9-5-3-2-4-6-9;1-12-2-3(10)11-5(12)4(13)6(7,8)9/h2-6,8H,7H2,1H3,(H,14,17);2H,1H3. The summed E-state index contributed by atoms with van der Waals surface area (Å²) in [5.41, 5.74) is 1.07. The molecule has 160 valence electrons. The fourth-order valence-electron chi connectivity index (χ4n) is 2.27. The van der Waals surface area contributed by atoms with Crippen LogP contribution in [0.1, 0.15) is 26.8 Å². The van der Waals surface area contributed by atoms with Crippen molar-refractivity contribution in [2.45, 2.75) is 10.3 Å². The number of aryl methyl sites for hydroxylation is 2. The van der Waals surface area contributed by atoms with Crippen LogP contribution in [-0.4, -0.2) is 34.6 Å². The molecule has 0 spiro atoms. The molecule has 2 heterocycles. The van der Waals surface area contributed by atoms with Crippen molar-refractivity contribution in [3.05, 3.63) is 67.3 Å². The van der Waals surface area contributed by atoms with Gasteiger partial charge in [-0.1, -0.05) is 65.1 Å². The molecule has 0 saturated heterocycles. The molecule has 3 aromatic rings. The summed E-state index contributed by atoms with van der Waals surface area (Å²) in [6, 6.07) is 9.80. The van der Waals surface area contributed by atoms with E-state index in [4.69, 9.17) is 34.8 Å². The van der Waals surface area contributed by atoms with Crippen LogP contribution in [0.4, 0.5) is 0 Å². The van der Waals surface area contributed by atoms with E-state index in [0.717, 1.165) is 9.26 Å². The maximum atomic E-state index is 11.9. The van der Waals surface area contributed by atoms with Crippen LogP contribution in [0.5, 0.6) is 0 Å². The number of hydrogen-bond donors (Lipinski definition) is 1. The van der Waals surface area contributed by atoms with Gasteiger partial charge in [0.25, 0.3) is 9.70 Å². The summed E-state index contributed by atoms with van der Waals surface area (Å²) in [5.74, 6) is -0.197. The highest BCUT2D eigenvalue weighted by Gasteiger charge is 2.34. The van der Waals surface area contributed by atoms with Gasteiger partial charge in [-0.3, -0.25) is 9.59 Å². The molecule has 0 aliphatic rings. The highest BCUT2D eigenvalue weighted by atomic mass is 127. The quantitative estimate of drug-likeness (QED) is 0.248. The third kappa shape index (κ3) is 7.36. The number of benzene rings is 1. The molecule has 0 aliphatic carbocycles. The van der Waals surface area contributed by atoms with E-state index in [9.17, 15) is 9.59 Å². The summed E-state index contributed by atoms with van der Waals surface area (Å²) in [4.78, 5) is 31.4. The number of amides is 1. The van der Waals surface area contributed by atoms with Crippen LogP contribution in [0, 0.1) is 7.40 Å². The highest BCUT2D eigenvalue weighted by molar-refractivity contribution is 14.1. The molecule has 0 bridgehead atoms. The molecule has 7 nitrogen and oxygen atoms in total. The van der Waals surface area contributed by atoms with Crippen LogP contribution in [0.25, 0.3) is 0 Å². The normalized spacial score (nSPS) is 10.9. The van der Waals surface area contributed by atoms with Gasteiger partial charge < -0.3 is 14.5 Å². The SMILES string of the molecule is Cn1cc(I)nc1C(=O)C(Cl)(Cl)Cl.Cn1cc(I)nc1C(=O)NCc1ccccc1. The van der Waals surface area contributed by atoms with E-state index >= 15 is 0 Å². The third-order valence-electron chi connectivity index (χ3n) is 3.65. The summed E-state index contributed by atoms with van der Waals surface area (Å²) >= 11 is 20.3. The van der Waals surface area contributed by atoms with Crippen LogP contribution < -0.4 is 5.32 Å². The van der Waals surface area contributed by atoms with Crippen molar-refractivity contribution < 1.29 is 9.59 Å². The number of ketones is 1. The van der Waals surface area contributed by atoms with Crippen LogP contribution in [-0.2, 0) is 20.6 Å². The van der Waals surface area contributed by atoms with Crippen LogP contribution in [0.3, 0.4) is 0 Å². The zero-order valence-corrected chi connectivity index (χ0v) is 22.3. The summed E-state index contributed by atoms with van der Waals surface area (Å²) in [5, 5.41) is 2.84. The zero-order chi connectivity index (χ0) is 22.5. The average molecular weight is 695 g/mol. The monoisotopic (exact) mass is 693 g/mol. The Bertz CT molecular complexity index is 1030. The van der Waals surface area contributed by atoms with Crippen molar-refractivity contribution >= 4 is 91.7 Å². The zero-order valence-electron chi connectivity index (χ0n) is 15.7. The summed E-state index contributed by atoms with van der Waals surface area (Å²) in [6.07, 6.45) is 3.49. The van der Waals surface area contributed by atoms with E-state index in [-0.39, 0.29) is 11.7 Å². The largest absolute Gasteiger partial charge is 0.345 e. The van der Waals surface area contributed by atoms with Crippen molar-refractivity contribution in [2.24, 2.45) is 14.1 Å². The van der Waals surface area contributed by atoms with Gasteiger partial charge in [-0.2, -0.15) is 0 Å². The van der Waals surface area contributed by atoms with Gasteiger partial charge in [-0.15, -0.1) is 0 Å². The minimum Gasteiger partial charge on any atom is -0.345 e. The number of halogens is 5. The highest BCUT2D eigenvalue weighted by Crippen LogP contribution is 2.30. The van der Waals surface area contributed by atoms with Gasteiger partial charge in [0.05, 0.1) is 0 Å². The molecule has 0 unspecified atom stereocenters. The Labute approximate surface area is 215 Å². The van der Waals surface area contributed by atoms with Gasteiger partial charge in [0.2, 0.25) is 5.78 Å². The van der Waals surface area contributed by atoms with Gasteiger partial charge in [-0.05, 0) is 50.7 Å². The first-order valence-electron chi connectivity index (χ1n) is 8.30. The van der Waals surface area contributed by atoms with E-state index in [0.29, 0.717) is 16.1 Å². The smallest absolute Gasteiger partial charge is 0.287 e. The average Bonchev–Trinajstić information content (AvgIpc) is 3.19. The summed E-state index contributed by atoms with van der Waals surface area (Å²) < 4.78 is 2.80. The number of nitrogens with zero attached hydrogens (tertiary/aromatic N) is 4. The Morgan fingerprint density at radius 3 is 1.90 bits per heavy atom. The first-order valence-corrected chi connectivity index (χ1v) is 11.6. The van der Waals surface area contributed by atoms with Crippen molar-refractivity contribution in [1.29, 1.82) is 0 Å². The summed E-state index contributed by atoms with van der Waals surface area (Å²) in [6.45, 7) is 0.517. The van der Waals surface area contributed by atoms with E-state index in [1.807, 2.05) is 66.2 Å². The molecule has 2 aromatic heterocycles. The number of imidazole rings is 2. The fraction of sp³-hybridized carbons (Fsp3) is 0.222. The number of carbonyl (C=O) groups excluding carboxylic acids is 2. The second kappa shape index (κ2) is 11.1. The second-order valence-electron chi connectivity index (χ2n) is 5.99. The van der Waals surface area contributed by atoms with Gasteiger partial charge in [0, 0.05) is 33.0 Å². The van der Waals surface area contributed by atoms with Gasteiger partial charge >= 0.3 is 0 Å². The van der Waals surface area contributed by atoms with E-state index in [1.165, 1.54) is 4.57 Å². The molecule has 1 amide bonds. The van der Waals surface area contributed by atoms with Crippen molar-refractivity contribution in [2.75, 3.05) is 0 Å². The van der Waals surface area contributed by atoms with Gasteiger partial charge in [0.15, 0.2) is 11.6 Å². The Kier molecular flexibility index (Phi) is 9.40. The lowest BCUT2D eigenvalue weighted by molar-refractivity contribution is 0.0936. The number of alkyl halides is 3. The first-order chi connectivity index (χ1) is 14.0. The minimum atomic E-state index is -1.94. The molecule has 3 rings (SSSR count). The molecular formula is C18H16Cl3I2N5O2. The van der Waals surface area contributed by atoms with E-state index < -0.39 is 9.58 Å². The Morgan fingerprint density at radius 2 is 1.47 bits per heavy atom. The number of hydrogen-bond acceptors (Lipinski definition) is 4. The van der Waals surface area contributed by atoms with Gasteiger partial charge in [-0.25, -0.2) is 9.97 Å². The third-order valence-corrected chi connectivity index (χ3v) is 5.21. The van der Waals surface area contributed by atoms with Crippen LogP contribution >= 0.6 is 80.0 Å². The predicted molar refractivity (Wildman–Crippen MR) is 134 cm³/mol. The maximum Gasteiger partial charge on any atom is 0.287 e. The second-order valence-corrected chi connectivity index (χ2v) is 10.5. The lowest BCUT2D eigenvalue weighted by Gasteiger charge is -2.07. The number of aromatic nitrogens is 4. The van der Waals surface area contributed by atoms with E-state index in [2.05, 4.69) is 37.9 Å². The minimum absolute atomic E-state index is 0.143. The fourth-order valence-corrected chi connectivity index (χ4v) is 3.81. The Morgan fingerprint density at radius 1 is 0.967 bits per heavy atom. The van der Waals surface area contributed by atoms with Crippen LogP contribution in [0.2, 0.25) is 0 Å². The molecule has 0 radical (unpaired) electrons. The summed E-state index contributed by atoms with van der Waals surface area (Å²) in [7, 11) is 3.48. The van der Waals surface area contributed by atoms with Gasteiger partial charge in [0.1, 0.15) is 7.40 Å². The lowest BCUT2D eigenvalue weighted by atomic mass is 10.2. The van der Waals surface area contributed by atoms with Crippen molar-refractivity contribution in [3.8, 4) is 0 Å². The molecule has 12 heteroatoms. The molecule has 0 atom stereocenters. The number of Topliss-reactive ketones (excluding diaryl/α,β-unsaturated/α-hetero) is 1. The van der Waals surface area contributed by atoms with Crippen molar-refractivity contribution in [1.82, 2.24) is 24.4 Å². The topological polar surface area (TPSA) is 81.8 Å². The maximum absolute atomic E-state index is 11.9. The number of carbonyl (C=O) groups is 2. The Hall–Kier alpha value is -0.890. The molecule has 0 saturated carbocycles. The molecular weight excluding hydrogens is 678 g/mol. The molecule has 1 N–H and O–H groups in total. The van der Waals surface area contributed by atoms with Crippen LogP contribution in [0.15, 0.2) is 42.7 Å². The van der Waals surface area contributed by atoms with Crippen molar-refractivity contribution in [3.63, 3.8) is 0 Å². The molecule has 1 aromatic carbocycles. The Balaban J connectivity index is 0.000000222. The molecule has 0 fully saturated rings. The predicted octanol–water partition coefficient (Wildman–Crippen LogP) is 4.53. The first kappa shape index (κ1) is 25.4. The molecule has 0 aliphatic heterocycles.